The summed E-state index contributed by atoms with van der Waals surface area (Å²) in [5.41, 5.74) is 4.72. The molecule has 1 aromatic rings. The molecule has 0 aromatic heterocycles. The minimum absolute atomic E-state index is 0.272. The van der Waals surface area contributed by atoms with E-state index in [2.05, 4.69) is 47.0 Å². The second kappa shape index (κ2) is 12.4. The molecule has 1 atom stereocenters. The van der Waals surface area contributed by atoms with Crippen molar-refractivity contribution in [3.05, 3.63) is 65.3 Å². The standard InChI is InChI=1S/C20H30O7P2/c1-17(11-8-12-19(3)20-13-5-4-6-14-20)9-7-10-18(2)15-16-26-29(24,25)27-28(21,22)23/h4-6,9,12-15H,7-8,10-11,16H2,1-3H3,(H,24,25)(H2,21,22,23)/b17-9+,18-15+,19-12-. The summed E-state index contributed by atoms with van der Waals surface area (Å²) >= 11 is 0. The smallest absolute Gasteiger partial charge is 0.302 e. The molecule has 0 saturated heterocycles. The van der Waals surface area contributed by atoms with Gasteiger partial charge in [0.05, 0.1) is 6.61 Å². The highest BCUT2D eigenvalue weighted by molar-refractivity contribution is 7.60. The van der Waals surface area contributed by atoms with Crippen LogP contribution in [-0.2, 0) is 18.0 Å². The third-order valence-corrected chi connectivity index (χ3v) is 6.28. The average molecular weight is 444 g/mol. The van der Waals surface area contributed by atoms with Gasteiger partial charge in [-0.1, -0.05) is 59.7 Å². The fourth-order valence-electron chi connectivity index (χ4n) is 2.52. The molecule has 1 rings (SSSR count). The van der Waals surface area contributed by atoms with Gasteiger partial charge in [-0.25, -0.2) is 9.13 Å². The monoisotopic (exact) mass is 444 g/mol. The SMILES string of the molecule is C/C(=C/CC/C(C)=C/CC/C(C)=C/COP(=O)(O)OP(=O)(O)O)c1ccccc1. The Morgan fingerprint density at radius 3 is 2.03 bits per heavy atom. The van der Waals surface area contributed by atoms with E-state index in [0.717, 1.165) is 31.3 Å². The van der Waals surface area contributed by atoms with Gasteiger partial charge in [-0.05, 0) is 57.6 Å². The Morgan fingerprint density at radius 1 is 0.897 bits per heavy atom. The van der Waals surface area contributed by atoms with Gasteiger partial charge < -0.3 is 14.7 Å². The molecule has 0 fully saturated rings. The second-order valence-electron chi connectivity index (χ2n) is 6.77. The lowest BCUT2D eigenvalue weighted by Gasteiger charge is -2.11. The van der Waals surface area contributed by atoms with Gasteiger partial charge in [-0.3, -0.25) is 4.52 Å². The first-order valence-corrected chi connectivity index (χ1v) is 12.3. The molecule has 3 N–H and O–H groups in total. The molecule has 0 radical (unpaired) electrons. The van der Waals surface area contributed by atoms with Gasteiger partial charge in [0.2, 0.25) is 0 Å². The van der Waals surface area contributed by atoms with Crippen molar-refractivity contribution in [2.75, 3.05) is 6.61 Å². The zero-order chi connectivity index (χ0) is 21.9. The molecule has 0 aliphatic carbocycles. The number of phosphoric acid groups is 2. The lowest BCUT2D eigenvalue weighted by molar-refractivity contribution is 0.191. The number of hydrogen-bond donors (Lipinski definition) is 3. The maximum Gasteiger partial charge on any atom is 0.481 e. The van der Waals surface area contributed by atoms with E-state index in [1.54, 1.807) is 6.08 Å². The summed E-state index contributed by atoms with van der Waals surface area (Å²) in [6.07, 6.45) is 9.50. The number of hydrogen-bond acceptors (Lipinski definition) is 4. The molecular formula is C20H30O7P2. The molecule has 0 bridgehead atoms. The number of phosphoric ester groups is 1. The molecule has 0 saturated carbocycles. The molecule has 0 aliphatic rings. The third-order valence-electron chi connectivity index (χ3n) is 4.13. The number of allylic oxidation sites excluding steroid dienone is 5. The predicted octanol–water partition coefficient (Wildman–Crippen LogP) is 5.77. The van der Waals surface area contributed by atoms with E-state index < -0.39 is 15.6 Å². The first-order chi connectivity index (χ1) is 13.5. The second-order valence-corrected chi connectivity index (χ2v) is 9.60. The normalized spacial score (nSPS) is 16.0. The molecule has 7 nitrogen and oxygen atoms in total. The van der Waals surface area contributed by atoms with Crippen molar-refractivity contribution in [2.24, 2.45) is 0 Å². The number of benzene rings is 1. The van der Waals surface area contributed by atoms with E-state index >= 15 is 0 Å². The average Bonchev–Trinajstić information content (AvgIpc) is 2.60. The van der Waals surface area contributed by atoms with Gasteiger partial charge in [0.25, 0.3) is 0 Å². The highest BCUT2D eigenvalue weighted by atomic mass is 31.3. The van der Waals surface area contributed by atoms with Gasteiger partial charge in [0.15, 0.2) is 0 Å². The quantitative estimate of drug-likeness (QED) is 0.277. The van der Waals surface area contributed by atoms with Crippen molar-refractivity contribution in [1.82, 2.24) is 0 Å². The van der Waals surface area contributed by atoms with E-state index in [1.165, 1.54) is 16.7 Å². The lowest BCUT2D eigenvalue weighted by Crippen LogP contribution is -1.94. The Labute approximate surface area is 172 Å². The first-order valence-electron chi connectivity index (χ1n) is 9.26. The molecule has 162 valence electrons. The highest BCUT2D eigenvalue weighted by Gasteiger charge is 2.31. The van der Waals surface area contributed by atoms with E-state index in [9.17, 15) is 14.0 Å². The molecule has 29 heavy (non-hydrogen) atoms. The molecule has 0 amide bonds. The predicted molar refractivity (Wildman–Crippen MR) is 115 cm³/mol. The summed E-state index contributed by atoms with van der Waals surface area (Å²) in [7, 11) is -9.86. The largest absolute Gasteiger partial charge is 0.481 e. The van der Waals surface area contributed by atoms with Crippen molar-refractivity contribution >= 4 is 21.2 Å². The van der Waals surface area contributed by atoms with Crippen LogP contribution in [0.1, 0.15) is 52.0 Å². The first kappa shape index (κ1) is 25.7. The molecule has 0 aliphatic heterocycles. The molecule has 0 spiro atoms. The Kier molecular flexibility index (Phi) is 11.0. The summed E-state index contributed by atoms with van der Waals surface area (Å²) in [6, 6.07) is 10.3. The van der Waals surface area contributed by atoms with Gasteiger partial charge in [-0.2, -0.15) is 4.31 Å². The van der Waals surface area contributed by atoms with E-state index in [-0.39, 0.29) is 6.61 Å². The summed E-state index contributed by atoms with van der Waals surface area (Å²) in [5, 5.41) is 0. The third kappa shape index (κ3) is 12.8. The minimum atomic E-state index is -5.08. The Balaban J connectivity index is 2.35. The Hall–Kier alpha value is -1.30. The summed E-state index contributed by atoms with van der Waals surface area (Å²) < 4.78 is 30.1. The van der Waals surface area contributed by atoms with Crippen LogP contribution in [0.15, 0.2) is 59.7 Å². The van der Waals surface area contributed by atoms with Gasteiger partial charge in [0.1, 0.15) is 0 Å². The summed E-state index contributed by atoms with van der Waals surface area (Å²) in [4.78, 5) is 26.2. The van der Waals surface area contributed by atoms with Crippen LogP contribution in [0.3, 0.4) is 0 Å². The van der Waals surface area contributed by atoms with E-state index in [0.29, 0.717) is 0 Å². The molecule has 1 unspecified atom stereocenters. The fourth-order valence-corrected chi connectivity index (χ4v) is 4.04. The number of rotatable bonds is 12. The minimum Gasteiger partial charge on any atom is -0.302 e. The fraction of sp³-hybridized carbons (Fsp3) is 0.400. The Bertz CT molecular complexity index is 822. The van der Waals surface area contributed by atoms with Crippen LogP contribution in [0, 0.1) is 0 Å². The molecule has 9 heteroatoms. The summed E-state index contributed by atoms with van der Waals surface area (Å²) in [6.45, 7) is 5.78. The zero-order valence-corrected chi connectivity index (χ0v) is 18.8. The van der Waals surface area contributed by atoms with E-state index in [1.807, 2.05) is 25.1 Å². The van der Waals surface area contributed by atoms with Crippen molar-refractivity contribution in [3.8, 4) is 0 Å². The summed E-state index contributed by atoms with van der Waals surface area (Å²) in [5.74, 6) is 0. The van der Waals surface area contributed by atoms with Crippen LogP contribution in [0.25, 0.3) is 5.57 Å². The molecular weight excluding hydrogens is 414 g/mol. The lowest BCUT2D eigenvalue weighted by atomic mass is 10.0. The van der Waals surface area contributed by atoms with Crippen molar-refractivity contribution in [1.29, 1.82) is 0 Å². The topological polar surface area (TPSA) is 113 Å². The van der Waals surface area contributed by atoms with Crippen LogP contribution >= 0.6 is 15.6 Å². The van der Waals surface area contributed by atoms with Crippen LogP contribution in [-0.4, -0.2) is 21.3 Å². The maximum atomic E-state index is 11.3. The highest BCUT2D eigenvalue weighted by Crippen LogP contribution is 2.57. The van der Waals surface area contributed by atoms with Crippen LogP contribution in [0.5, 0.6) is 0 Å². The van der Waals surface area contributed by atoms with Gasteiger partial charge in [-0.15, -0.1) is 0 Å². The van der Waals surface area contributed by atoms with Crippen LogP contribution in [0.2, 0.25) is 0 Å². The van der Waals surface area contributed by atoms with Crippen molar-refractivity contribution < 1.29 is 32.6 Å². The molecule has 1 aromatic carbocycles. The van der Waals surface area contributed by atoms with Crippen molar-refractivity contribution in [3.63, 3.8) is 0 Å². The van der Waals surface area contributed by atoms with Gasteiger partial charge in [0, 0.05) is 0 Å². The zero-order valence-electron chi connectivity index (χ0n) is 17.0. The van der Waals surface area contributed by atoms with E-state index in [4.69, 9.17) is 9.79 Å². The van der Waals surface area contributed by atoms with Gasteiger partial charge >= 0.3 is 15.6 Å². The van der Waals surface area contributed by atoms with Crippen LogP contribution in [0.4, 0.5) is 0 Å². The van der Waals surface area contributed by atoms with Crippen LogP contribution < -0.4 is 0 Å². The Morgan fingerprint density at radius 2 is 1.45 bits per heavy atom. The molecule has 0 heterocycles. The maximum absolute atomic E-state index is 11.3. The van der Waals surface area contributed by atoms with Crippen molar-refractivity contribution in [2.45, 2.75) is 46.5 Å².